The molecule has 0 unspecified atom stereocenters. The first kappa shape index (κ1) is 9.85. The number of aliphatic hydroxyl groups is 1. The highest BCUT2D eigenvalue weighted by Crippen LogP contribution is 2.26. The maximum Gasteiger partial charge on any atom is 0.0625 e. The Morgan fingerprint density at radius 1 is 1.42 bits per heavy atom. The second-order valence-electron chi connectivity index (χ2n) is 2.77. The molecule has 0 fully saturated rings. The third-order valence-corrected chi connectivity index (χ3v) is 2.40. The molecule has 0 saturated carbocycles. The maximum absolute atomic E-state index is 9.12. The van der Waals surface area contributed by atoms with E-state index in [0.29, 0.717) is 16.5 Å². The lowest BCUT2D eigenvalue weighted by molar-refractivity contribution is 0.195. The summed E-state index contributed by atoms with van der Waals surface area (Å²) >= 11 is 11.7. The van der Waals surface area contributed by atoms with E-state index in [1.807, 2.05) is 12.1 Å². The lowest BCUT2D eigenvalue weighted by Gasteiger charge is -2.06. The van der Waals surface area contributed by atoms with Crippen LogP contribution in [-0.2, 0) is 6.42 Å². The van der Waals surface area contributed by atoms with Gasteiger partial charge in [-0.15, -0.1) is 0 Å². The molecule has 0 amide bonds. The molecule has 0 spiro atoms. The van der Waals surface area contributed by atoms with E-state index >= 15 is 0 Å². The summed E-state index contributed by atoms with van der Waals surface area (Å²) in [5, 5.41) is 10.2. The fourth-order valence-electron chi connectivity index (χ4n) is 1.02. The lowest BCUT2D eigenvalue weighted by atomic mass is 10.1. The minimum Gasteiger partial charge on any atom is -0.393 e. The van der Waals surface area contributed by atoms with Gasteiger partial charge in [-0.05, 0) is 25.0 Å². The normalized spacial score (nSPS) is 13.0. The standard InChI is InChI=1S/C9H10Cl2O/c1-6(12)5-7-3-2-4-8(10)9(7)11/h2-4,6,12H,5H2,1H3/t6-/m1/s1. The second-order valence-corrected chi connectivity index (χ2v) is 3.55. The van der Waals surface area contributed by atoms with Gasteiger partial charge in [-0.2, -0.15) is 0 Å². The smallest absolute Gasteiger partial charge is 0.0625 e. The monoisotopic (exact) mass is 204 g/mol. The van der Waals surface area contributed by atoms with E-state index in [-0.39, 0.29) is 6.10 Å². The van der Waals surface area contributed by atoms with Crippen LogP contribution in [0.25, 0.3) is 0 Å². The summed E-state index contributed by atoms with van der Waals surface area (Å²) in [6.45, 7) is 1.72. The fourth-order valence-corrected chi connectivity index (χ4v) is 1.42. The van der Waals surface area contributed by atoms with Crippen LogP contribution in [0.4, 0.5) is 0 Å². The molecule has 3 heteroatoms. The largest absolute Gasteiger partial charge is 0.393 e. The van der Waals surface area contributed by atoms with Crippen LogP contribution in [0.2, 0.25) is 10.0 Å². The van der Waals surface area contributed by atoms with Crippen LogP contribution in [0.1, 0.15) is 12.5 Å². The summed E-state index contributed by atoms with van der Waals surface area (Å²) in [5.41, 5.74) is 0.888. The molecule has 0 aromatic heterocycles. The number of aliphatic hydroxyl groups excluding tert-OH is 1. The summed E-state index contributed by atoms with van der Waals surface area (Å²) < 4.78 is 0. The molecule has 0 heterocycles. The number of rotatable bonds is 2. The third kappa shape index (κ3) is 2.37. The van der Waals surface area contributed by atoms with Crippen molar-refractivity contribution in [2.24, 2.45) is 0 Å². The summed E-state index contributed by atoms with van der Waals surface area (Å²) in [6, 6.07) is 5.42. The molecule has 1 aromatic carbocycles. The van der Waals surface area contributed by atoms with E-state index in [2.05, 4.69) is 0 Å². The number of benzene rings is 1. The Kier molecular flexibility index (Phi) is 3.39. The molecule has 1 N–H and O–H groups in total. The topological polar surface area (TPSA) is 20.2 Å². The molecule has 0 aliphatic carbocycles. The van der Waals surface area contributed by atoms with Crippen LogP contribution < -0.4 is 0 Å². The van der Waals surface area contributed by atoms with Gasteiger partial charge in [0.05, 0.1) is 16.1 Å². The van der Waals surface area contributed by atoms with Crippen molar-refractivity contribution >= 4 is 23.2 Å². The first-order valence-corrected chi connectivity index (χ1v) is 4.48. The summed E-state index contributed by atoms with van der Waals surface area (Å²) in [4.78, 5) is 0. The molecular formula is C9H10Cl2O. The van der Waals surface area contributed by atoms with Crippen molar-refractivity contribution in [1.29, 1.82) is 0 Å². The quantitative estimate of drug-likeness (QED) is 0.786. The Hall–Kier alpha value is -0.240. The minimum atomic E-state index is -0.388. The van der Waals surface area contributed by atoms with Crippen LogP contribution in [0.3, 0.4) is 0 Å². The molecule has 1 atom stereocenters. The predicted octanol–water partition coefficient (Wildman–Crippen LogP) is 2.92. The molecular weight excluding hydrogens is 195 g/mol. The van der Waals surface area contributed by atoms with Crippen LogP contribution in [-0.4, -0.2) is 11.2 Å². The SMILES string of the molecule is C[C@@H](O)Cc1cccc(Cl)c1Cl. The number of hydrogen-bond acceptors (Lipinski definition) is 1. The Balaban J connectivity index is 2.92. The van der Waals surface area contributed by atoms with Crippen molar-refractivity contribution < 1.29 is 5.11 Å². The van der Waals surface area contributed by atoms with Gasteiger partial charge in [0, 0.05) is 0 Å². The van der Waals surface area contributed by atoms with Crippen molar-refractivity contribution in [3.63, 3.8) is 0 Å². The van der Waals surface area contributed by atoms with E-state index < -0.39 is 0 Å². The Morgan fingerprint density at radius 2 is 2.08 bits per heavy atom. The average molecular weight is 205 g/mol. The van der Waals surface area contributed by atoms with Gasteiger partial charge in [0.25, 0.3) is 0 Å². The Labute approximate surface area is 81.9 Å². The van der Waals surface area contributed by atoms with Crippen LogP contribution in [0, 0.1) is 0 Å². The van der Waals surface area contributed by atoms with E-state index in [9.17, 15) is 0 Å². The van der Waals surface area contributed by atoms with Gasteiger partial charge in [-0.1, -0.05) is 35.3 Å². The molecule has 66 valence electrons. The third-order valence-electron chi connectivity index (χ3n) is 1.55. The number of halogens is 2. The van der Waals surface area contributed by atoms with Gasteiger partial charge in [0.2, 0.25) is 0 Å². The molecule has 0 aliphatic heterocycles. The molecule has 12 heavy (non-hydrogen) atoms. The van der Waals surface area contributed by atoms with Crippen molar-refractivity contribution in [2.45, 2.75) is 19.4 Å². The molecule has 0 bridgehead atoms. The van der Waals surface area contributed by atoms with E-state index in [1.54, 1.807) is 13.0 Å². The minimum absolute atomic E-state index is 0.388. The first-order chi connectivity index (χ1) is 5.61. The van der Waals surface area contributed by atoms with Gasteiger partial charge in [-0.3, -0.25) is 0 Å². The number of hydrogen-bond donors (Lipinski definition) is 1. The van der Waals surface area contributed by atoms with Crippen LogP contribution in [0.15, 0.2) is 18.2 Å². The fraction of sp³-hybridized carbons (Fsp3) is 0.333. The highest BCUT2D eigenvalue weighted by Gasteiger charge is 2.06. The molecule has 0 aliphatic rings. The zero-order valence-electron chi connectivity index (χ0n) is 6.72. The maximum atomic E-state index is 9.12. The lowest BCUT2D eigenvalue weighted by Crippen LogP contribution is -2.04. The zero-order chi connectivity index (χ0) is 9.14. The van der Waals surface area contributed by atoms with E-state index in [1.165, 1.54) is 0 Å². The summed E-state index contributed by atoms with van der Waals surface area (Å²) in [7, 11) is 0. The highest BCUT2D eigenvalue weighted by atomic mass is 35.5. The molecule has 1 rings (SSSR count). The highest BCUT2D eigenvalue weighted by molar-refractivity contribution is 6.42. The van der Waals surface area contributed by atoms with Gasteiger partial charge in [0.15, 0.2) is 0 Å². The molecule has 1 aromatic rings. The molecule has 1 nitrogen and oxygen atoms in total. The van der Waals surface area contributed by atoms with E-state index in [4.69, 9.17) is 28.3 Å². The van der Waals surface area contributed by atoms with Gasteiger partial charge in [0.1, 0.15) is 0 Å². The second kappa shape index (κ2) is 4.13. The van der Waals surface area contributed by atoms with Gasteiger partial charge >= 0.3 is 0 Å². The van der Waals surface area contributed by atoms with Crippen molar-refractivity contribution in [2.75, 3.05) is 0 Å². The Morgan fingerprint density at radius 3 is 2.67 bits per heavy atom. The van der Waals surface area contributed by atoms with Crippen LogP contribution in [0.5, 0.6) is 0 Å². The average Bonchev–Trinajstić information content (AvgIpc) is 1.98. The summed E-state index contributed by atoms with van der Waals surface area (Å²) in [5.74, 6) is 0. The zero-order valence-corrected chi connectivity index (χ0v) is 8.23. The van der Waals surface area contributed by atoms with Gasteiger partial charge < -0.3 is 5.11 Å². The summed E-state index contributed by atoms with van der Waals surface area (Å²) in [6.07, 6.45) is 0.153. The van der Waals surface area contributed by atoms with Crippen molar-refractivity contribution in [3.8, 4) is 0 Å². The van der Waals surface area contributed by atoms with Crippen LogP contribution >= 0.6 is 23.2 Å². The first-order valence-electron chi connectivity index (χ1n) is 3.72. The molecule has 0 saturated heterocycles. The van der Waals surface area contributed by atoms with Crippen molar-refractivity contribution in [1.82, 2.24) is 0 Å². The van der Waals surface area contributed by atoms with Crippen molar-refractivity contribution in [3.05, 3.63) is 33.8 Å². The Bertz CT molecular complexity index is 271. The van der Waals surface area contributed by atoms with E-state index in [0.717, 1.165) is 5.56 Å². The van der Waals surface area contributed by atoms with Gasteiger partial charge in [-0.25, -0.2) is 0 Å². The molecule has 0 radical (unpaired) electrons. The predicted molar refractivity (Wildman–Crippen MR) is 51.8 cm³/mol.